The van der Waals surface area contributed by atoms with Gasteiger partial charge < -0.3 is 5.32 Å². The smallest absolute Gasteiger partial charge is 0.250 e. The first-order valence-electron chi connectivity index (χ1n) is 10.4. The van der Waals surface area contributed by atoms with Gasteiger partial charge in [-0.2, -0.15) is 0 Å². The second-order valence-corrected chi connectivity index (χ2v) is 9.12. The average Bonchev–Trinajstić information content (AvgIpc) is 3.45. The number of nitrogens with one attached hydrogen (secondary N) is 1. The fourth-order valence-corrected chi connectivity index (χ4v) is 6.39. The van der Waals surface area contributed by atoms with Crippen LogP contribution in [0.25, 0.3) is 0 Å². The highest BCUT2D eigenvalue weighted by Crippen LogP contribution is 2.61. The van der Waals surface area contributed by atoms with Crippen molar-refractivity contribution in [1.82, 2.24) is 4.90 Å². The van der Waals surface area contributed by atoms with Crippen LogP contribution in [0.5, 0.6) is 0 Å². The first-order valence-corrected chi connectivity index (χ1v) is 10.8. The molecule has 1 spiro atoms. The maximum absolute atomic E-state index is 13.8. The van der Waals surface area contributed by atoms with Crippen LogP contribution in [0.1, 0.15) is 24.0 Å². The van der Waals surface area contributed by atoms with Gasteiger partial charge in [-0.05, 0) is 62.2 Å². The standard InChI is InChI=1S/C23H19ClFN3O3/c1-11-15(24)9-8-14-19(11)26-22(31)23(14)18-17(16-3-2-10-27(16)23)20(29)28(21(18)30)13-6-4-12(25)5-7-13/h4-9,16-18H,2-3,10H2,1H3,(H,26,31)/t16-,17+,18+,23+/m1/s1. The summed E-state index contributed by atoms with van der Waals surface area (Å²) in [6.45, 7) is 2.48. The zero-order chi connectivity index (χ0) is 21.7. The van der Waals surface area contributed by atoms with Crippen molar-refractivity contribution in [2.24, 2.45) is 11.8 Å². The van der Waals surface area contributed by atoms with Gasteiger partial charge in [-0.3, -0.25) is 19.3 Å². The van der Waals surface area contributed by atoms with Gasteiger partial charge in [0.25, 0.3) is 0 Å². The van der Waals surface area contributed by atoms with E-state index in [9.17, 15) is 18.8 Å². The van der Waals surface area contributed by atoms with Gasteiger partial charge in [-0.15, -0.1) is 0 Å². The van der Waals surface area contributed by atoms with Gasteiger partial charge in [0.15, 0.2) is 0 Å². The van der Waals surface area contributed by atoms with Gasteiger partial charge in [0, 0.05) is 16.6 Å². The van der Waals surface area contributed by atoms with E-state index in [1.165, 1.54) is 24.3 Å². The molecule has 2 aromatic carbocycles. The molecule has 4 atom stereocenters. The number of amides is 3. The van der Waals surface area contributed by atoms with Gasteiger partial charge in [0.2, 0.25) is 17.7 Å². The molecule has 1 N–H and O–H groups in total. The third-order valence-electron chi connectivity index (χ3n) is 7.45. The summed E-state index contributed by atoms with van der Waals surface area (Å²) in [6, 6.07) is 8.66. The monoisotopic (exact) mass is 439 g/mol. The second kappa shape index (κ2) is 6.14. The number of hydrogen-bond acceptors (Lipinski definition) is 4. The molecule has 0 bridgehead atoms. The van der Waals surface area contributed by atoms with E-state index >= 15 is 0 Å². The minimum absolute atomic E-state index is 0.195. The molecule has 0 unspecified atom stereocenters. The summed E-state index contributed by atoms with van der Waals surface area (Å²) in [5, 5.41) is 3.50. The summed E-state index contributed by atoms with van der Waals surface area (Å²) in [4.78, 5) is 44.1. The number of carbonyl (C=O) groups is 3. The zero-order valence-electron chi connectivity index (χ0n) is 16.7. The average molecular weight is 440 g/mol. The summed E-state index contributed by atoms with van der Waals surface area (Å²) in [5.74, 6) is -2.91. The number of rotatable bonds is 1. The number of benzene rings is 2. The van der Waals surface area contributed by atoms with Crippen molar-refractivity contribution in [3.05, 3.63) is 58.4 Å². The topological polar surface area (TPSA) is 69.7 Å². The Morgan fingerprint density at radius 3 is 2.58 bits per heavy atom. The highest BCUT2D eigenvalue weighted by atomic mass is 35.5. The van der Waals surface area contributed by atoms with E-state index in [2.05, 4.69) is 10.2 Å². The lowest BCUT2D eigenvalue weighted by molar-refractivity contribution is -0.135. The Morgan fingerprint density at radius 1 is 1.10 bits per heavy atom. The Hall–Kier alpha value is -2.77. The van der Waals surface area contributed by atoms with Crippen LogP contribution in [0.15, 0.2) is 36.4 Å². The van der Waals surface area contributed by atoms with Crippen molar-refractivity contribution >= 4 is 40.7 Å². The largest absolute Gasteiger partial charge is 0.324 e. The van der Waals surface area contributed by atoms with Crippen molar-refractivity contribution in [2.75, 3.05) is 16.8 Å². The Kier molecular flexibility index (Phi) is 3.76. The van der Waals surface area contributed by atoms with Crippen molar-refractivity contribution in [3.8, 4) is 0 Å². The lowest BCUT2D eigenvalue weighted by Gasteiger charge is -2.36. The molecule has 4 heterocycles. The fraction of sp³-hybridized carbons (Fsp3) is 0.348. The van der Waals surface area contributed by atoms with Gasteiger partial charge in [-0.1, -0.05) is 17.7 Å². The van der Waals surface area contributed by atoms with Crippen LogP contribution < -0.4 is 10.2 Å². The molecular weight excluding hydrogens is 421 g/mol. The SMILES string of the molecule is Cc1c(Cl)ccc2c1NC(=O)[C@@]21[C@@H]2C(=O)N(c3ccc(F)cc3)C(=O)[C@H]2[C@H]2CCCN21. The molecule has 2 aromatic rings. The molecule has 4 aliphatic heterocycles. The number of fused-ring (bicyclic) bond motifs is 7. The molecule has 4 aliphatic rings. The van der Waals surface area contributed by atoms with Gasteiger partial charge in [0.05, 0.1) is 23.2 Å². The Labute approximate surface area is 183 Å². The van der Waals surface area contributed by atoms with E-state index in [1.54, 1.807) is 12.1 Å². The van der Waals surface area contributed by atoms with Crippen molar-refractivity contribution in [2.45, 2.75) is 31.3 Å². The summed E-state index contributed by atoms with van der Waals surface area (Å²) in [7, 11) is 0. The highest BCUT2D eigenvalue weighted by Gasteiger charge is 2.74. The maximum atomic E-state index is 13.8. The Balaban J connectivity index is 1.56. The van der Waals surface area contributed by atoms with E-state index in [-0.39, 0.29) is 17.9 Å². The van der Waals surface area contributed by atoms with Crippen LogP contribution in [0.2, 0.25) is 5.02 Å². The third kappa shape index (κ3) is 2.13. The molecule has 0 radical (unpaired) electrons. The van der Waals surface area contributed by atoms with Gasteiger partial charge in [0.1, 0.15) is 11.4 Å². The molecule has 0 aliphatic carbocycles. The van der Waals surface area contributed by atoms with E-state index in [0.29, 0.717) is 28.5 Å². The third-order valence-corrected chi connectivity index (χ3v) is 7.86. The maximum Gasteiger partial charge on any atom is 0.250 e. The van der Waals surface area contributed by atoms with E-state index in [4.69, 9.17) is 11.6 Å². The summed E-state index contributed by atoms with van der Waals surface area (Å²) in [6.07, 6.45) is 1.59. The molecule has 8 heteroatoms. The van der Waals surface area contributed by atoms with Crippen LogP contribution in [0.4, 0.5) is 15.8 Å². The van der Waals surface area contributed by atoms with E-state index in [0.717, 1.165) is 23.3 Å². The molecule has 0 saturated carbocycles. The van der Waals surface area contributed by atoms with E-state index < -0.39 is 29.1 Å². The summed E-state index contributed by atoms with van der Waals surface area (Å²) in [5.41, 5.74) is 1.18. The number of anilines is 2. The number of imide groups is 1. The van der Waals surface area contributed by atoms with Crippen LogP contribution in [-0.4, -0.2) is 35.2 Å². The lowest BCUT2D eigenvalue weighted by Crippen LogP contribution is -2.54. The summed E-state index contributed by atoms with van der Waals surface area (Å²) >= 11 is 6.30. The quantitative estimate of drug-likeness (QED) is 0.693. The van der Waals surface area contributed by atoms with Crippen LogP contribution in [0, 0.1) is 24.6 Å². The van der Waals surface area contributed by atoms with Crippen LogP contribution >= 0.6 is 11.6 Å². The minimum Gasteiger partial charge on any atom is -0.324 e. The molecule has 6 nitrogen and oxygen atoms in total. The molecule has 6 rings (SSSR count). The van der Waals surface area contributed by atoms with Gasteiger partial charge >= 0.3 is 0 Å². The molecular formula is C23H19ClFN3O3. The number of nitrogens with zero attached hydrogens (tertiary/aromatic N) is 2. The van der Waals surface area contributed by atoms with Crippen LogP contribution in [0.3, 0.4) is 0 Å². The predicted octanol–water partition coefficient (Wildman–Crippen LogP) is 3.22. The molecule has 0 aromatic heterocycles. The molecule has 3 amide bonds. The second-order valence-electron chi connectivity index (χ2n) is 8.71. The normalized spacial score (nSPS) is 31.4. The zero-order valence-corrected chi connectivity index (χ0v) is 17.4. The number of carbonyl (C=O) groups excluding carboxylic acids is 3. The molecule has 3 fully saturated rings. The van der Waals surface area contributed by atoms with Gasteiger partial charge in [-0.25, -0.2) is 9.29 Å². The minimum atomic E-state index is -1.24. The van der Waals surface area contributed by atoms with Crippen molar-refractivity contribution in [1.29, 1.82) is 0 Å². The molecule has 158 valence electrons. The number of hydrogen-bond donors (Lipinski definition) is 1. The van der Waals surface area contributed by atoms with Crippen molar-refractivity contribution < 1.29 is 18.8 Å². The Bertz CT molecular complexity index is 1180. The molecule has 3 saturated heterocycles. The lowest BCUT2D eigenvalue weighted by atomic mass is 9.75. The van der Waals surface area contributed by atoms with Crippen LogP contribution in [-0.2, 0) is 19.9 Å². The van der Waals surface area contributed by atoms with E-state index in [1.807, 2.05) is 6.92 Å². The Morgan fingerprint density at radius 2 is 1.84 bits per heavy atom. The highest BCUT2D eigenvalue weighted by molar-refractivity contribution is 6.32. The van der Waals surface area contributed by atoms with Crippen molar-refractivity contribution in [3.63, 3.8) is 0 Å². The molecule has 31 heavy (non-hydrogen) atoms. The number of halogens is 2. The predicted molar refractivity (Wildman–Crippen MR) is 112 cm³/mol. The first kappa shape index (κ1) is 19.0. The fourth-order valence-electron chi connectivity index (χ4n) is 6.24. The summed E-state index contributed by atoms with van der Waals surface area (Å²) < 4.78 is 13.4. The first-order chi connectivity index (χ1) is 14.9.